The van der Waals surface area contributed by atoms with Gasteiger partial charge in [0, 0.05) is 25.7 Å². The standard InChI is InChI=1S/C15H32N2O/c1-4-14(5-2)17(10-11-18)13-15(12-16-3)8-6-7-9-15/h14,16,18H,4-13H2,1-3H3. The fourth-order valence-corrected chi connectivity index (χ4v) is 3.65. The lowest BCUT2D eigenvalue weighted by Crippen LogP contribution is -2.47. The van der Waals surface area contributed by atoms with Crippen LogP contribution in [0.5, 0.6) is 0 Å². The largest absolute Gasteiger partial charge is 0.395 e. The summed E-state index contributed by atoms with van der Waals surface area (Å²) < 4.78 is 0. The Labute approximate surface area is 113 Å². The van der Waals surface area contributed by atoms with Gasteiger partial charge in [0.2, 0.25) is 0 Å². The molecule has 0 heterocycles. The van der Waals surface area contributed by atoms with Crippen LogP contribution in [0.3, 0.4) is 0 Å². The predicted octanol–water partition coefficient (Wildman–Crippen LogP) is 2.25. The van der Waals surface area contributed by atoms with Crippen LogP contribution in [0.15, 0.2) is 0 Å². The fourth-order valence-electron chi connectivity index (χ4n) is 3.65. The third-order valence-electron chi connectivity index (χ3n) is 4.60. The SMILES string of the molecule is CCC(CC)N(CCO)CC1(CNC)CCCC1. The average molecular weight is 256 g/mol. The van der Waals surface area contributed by atoms with Gasteiger partial charge in [0.15, 0.2) is 0 Å². The number of aliphatic hydroxyl groups is 1. The zero-order chi connectivity index (χ0) is 13.4. The first-order valence-corrected chi connectivity index (χ1v) is 7.71. The summed E-state index contributed by atoms with van der Waals surface area (Å²) in [6.07, 6.45) is 7.80. The van der Waals surface area contributed by atoms with Crippen LogP contribution in [0.4, 0.5) is 0 Å². The number of nitrogens with one attached hydrogen (secondary N) is 1. The highest BCUT2D eigenvalue weighted by molar-refractivity contribution is 4.90. The minimum atomic E-state index is 0.284. The van der Waals surface area contributed by atoms with E-state index in [-0.39, 0.29) is 6.61 Å². The number of rotatable bonds is 9. The van der Waals surface area contributed by atoms with Crippen LogP contribution < -0.4 is 5.32 Å². The smallest absolute Gasteiger partial charge is 0.0558 e. The van der Waals surface area contributed by atoms with Gasteiger partial charge in [0.25, 0.3) is 0 Å². The first kappa shape index (κ1) is 15.9. The van der Waals surface area contributed by atoms with Gasteiger partial charge in [-0.3, -0.25) is 4.90 Å². The molecule has 1 fully saturated rings. The van der Waals surface area contributed by atoms with E-state index < -0.39 is 0 Å². The number of hydrogen-bond acceptors (Lipinski definition) is 3. The lowest BCUT2D eigenvalue weighted by Gasteiger charge is -2.39. The molecule has 3 heteroatoms. The first-order chi connectivity index (χ1) is 8.71. The molecule has 1 aliphatic rings. The van der Waals surface area contributed by atoms with Crippen molar-refractivity contribution in [2.24, 2.45) is 5.41 Å². The van der Waals surface area contributed by atoms with E-state index in [4.69, 9.17) is 0 Å². The van der Waals surface area contributed by atoms with Gasteiger partial charge in [-0.05, 0) is 38.1 Å². The topological polar surface area (TPSA) is 35.5 Å². The third kappa shape index (κ3) is 4.22. The number of nitrogens with zero attached hydrogens (tertiary/aromatic N) is 1. The van der Waals surface area contributed by atoms with Crippen LogP contribution in [0, 0.1) is 5.41 Å². The van der Waals surface area contributed by atoms with Crippen molar-refractivity contribution in [1.29, 1.82) is 0 Å². The lowest BCUT2D eigenvalue weighted by atomic mass is 9.84. The van der Waals surface area contributed by atoms with Crippen molar-refractivity contribution in [3.05, 3.63) is 0 Å². The van der Waals surface area contributed by atoms with Gasteiger partial charge in [0.1, 0.15) is 0 Å². The molecule has 0 aromatic rings. The molecule has 0 aromatic heterocycles. The summed E-state index contributed by atoms with van der Waals surface area (Å²) in [5.41, 5.74) is 0.451. The van der Waals surface area contributed by atoms with Crippen LogP contribution in [0.25, 0.3) is 0 Å². The van der Waals surface area contributed by atoms with Crippen molar-refractivity contribution in [1.82, 2.24) is 10.2 Å². The summed E-state index contributed by atoms with van der Waals surface area (Å²) in [5, 5.41) is 12.7. The van der Waals surface area contributed by atoms with E-state index in [1.54, 1.807) is 0 Å². The zero-order valence-corrected chi connectivity index (χ0v) is 12.5. The molecular formula is C15H32N2O. The Hall–Kier alpha value is -0.120. The van der Waals surface area contributed by atoms with Crippen LogP contribution in [-0.2, 0) is 0 Å². The molecule has 0 aliphatic heterocycles. The Morgan fingerprint density at radius 3 is 2.28 bits per heavy atom. The molecular weight excluding hydrogens is 224 g/mol. The predicted molar refractivity (Wildman–Crippen MR) is 77.9 cm³/mol. The lowest BCUT2D eigenvalue weighted by molar-refractivity contribution is 0.0845. The maximum Gasteiger partial charge on any atom is 0.0558 e. The molecule has 0 aromatic carbocycles. The van der Waals surface area contributed by atoms with Crippen LogP contribution >= 0.6 is 0 Å². The quantitative estimate of drug-likeness (QED) is 0.664. The van der Waals surface area contributed by atoms with Crippen molar-refractivity contribution < 1.29 is 5.11 Å². The van der Waals surface area contributed by atoms with Crippen molar-refractivity contribution in [2.45, 2.75) is 58.4 Å². The van der Waals surface area contributed by atoms with Crippen LogP contribution in [-0.4, -0.2) is 49.3 Å². The minimum Gasteiger partial charge on any atom is -0.395 e. The van der Waals surface area contributed by atoms with E-state index >= 15 is 0 Å². The molecule has 0 amide bonds. The molecule has 3 nitrogen and oxygen atoms in total. The third-order valence-corrected chi connectivity index (χ3v) is 4.60. The van der Waals surface area contributed by atoms with Crippen molar-refractivity contribution >= 4 is 0 Å². The van der Waals surface area contributed by atoms with Crippen molar-refractivity contribution in [2.75, 3.05) is 33.3 Å². The van der Waals surface area contributed by atoms with Gasteiger partial charge in [0.05, 0.1) is 6.61 Å². The number of aliphatic hydroxyl groups excluding tert-OH is 1. The highest BCUT2D eigenvalue weighted by atomic mass is 16.3. The van der Waals surface area contributed by atoms with E-state index in [0.29, 0.717) is 11.5 Å². The molecule has 1 aliphatic carbocycles. The van der Waals surface area contributed by atoms with Gasteiger partial charge in [-0.25, -0.2) is 0 Å². The van der Waals surface area contributed by atoms with Crippen LogP contribution in [0.2, 0.25) is 0 Å². The van der Waals surface area contributed by atoms with E-state index in [1.165, 1.54) is 38.5 Å². The minimum absolute atomic E-state index is 0.284. The molecule has 1 rings (SSSR count). The van der Waals surface area contributed by atoms with Gasteiger partial charge < -0.3 is 10.4 Å². The summed E-state index contributed by atoms with van der Waals surface area (Å²) >= 11 is 0. The summed E-state index contributed by atoms with van der Waals surface area (Å²) in [5.74, 6) is 0. The van der Waals surface area contributed by atoms with E-state index in [0.717, 1.165) is 19.6 Å². The summed E-state index contributed by atoms with van der Waals surface area (Å²) in [6.45, 7) is 7.91. The maximum absolute atomic E-state index is 9.31. The second kappa shape index (κ2) is 8.13. The monoisotopic (exact) mass is 256 g/mol. The molecule has 1 saturated carbocycles. The Balaban J connectivity index is 2.66. The molecule has 0 unspecified atom stereocenters. The summed E-state index contributed by atoms with van der Waals surface area (Å²) in [6, 6.07) is 0.631. The molecule has 0 bridgehead atoms. The van der Waals surface area contributed by atoms with E-state index in [1.807, 2.05) is 0 Å². The fraction of sp³-hybridized carbons (Fsp3) is 1.00. The normalized spacial score (nSPS) is 19.0. The van der Waals surface area contributed by atoms with E-state index in [9.17, 15) is 5.11 Å². The van der Waals surface area contributed by atoms with Gasteiger partial charge in [-0.1, -0.05) is 26.7 Å². The molecule has 108 valence electrons. The van der Waals surface area contributed by atoms with Gasteiger partial charge in [-0.2, -0.15) is 0 Å². The Kier molecular flexibility index (Phi) is 7.20. The molecule has 18 heavy (non-hydrogen) atoms. The summed E-state index contributed by atoms with van der Waals surface area (Å²) in [7, 11) is 2.06. The average Bonchev–Trinajstić information content (AvgIpc) is 2.80. The van der Waals surface area contributed by atoms with Crippen LogP contribution in [0.1, 0.15) is 52.4 Å². The van der Waals surface area contributed by atoms with E-state index in [2.05, 4.69) is 31.1 Å². The number of hydrogen-bond donors (Lipinski definition) is 2. The van der Waals surface area contributed by atoms with Gasteiger partial charge >= 0.3 is 0 Å². The Morgan fingerprint density at radius 1 is 1.22 bits per heavy atom. The summed E-state index contributed by atoms with van der Waals surface area (Å²) in [4.78, 5) is 2.53. The highest BCUT2D eigenvalue weighted by Gasteiger charge is 2.35. The van der Waals surface area contributed by atoms with Crippen molar-refractivity contribution in [3.8, 4) is 0 Å². The molecule has 0 atom stereocenters. The van der Waals surface area contributed by atoms with Crippen molar-refractivity contribution in [3.63, 3.8) is 0 Å². The Morgan fingerprint density at radius 2 is 1.83 bits per heavy atom. The zero-order valence-electron chi connectivity index (χ0n) is 12.5. The molecule has 0 saturated heterocycles. The molecule has 0 spiro atoms. The molecule has 2 N–H and O–H groups in total. The van der Waals surface area contributed by atoms with Gasteiger partial charge in [-0.15, -0.1) is 0 Å². The second-order valence-electron chi connectivity index (χ2n) is 5.90. The molecule has 0 radical (unpaired) electrons. The first-order valence-electron chi connectivity index (χ1n) is 7.71. The maximum atomic E-state index is 9.31. The second-order valence-corrected chi connectivity index (χ2v) is 5.90. The highest BCUT2D eigenvalue weighted by Crippen LogP contribution is 2.38. The Bertz CT molecular complexity index is 211.